The number of carbonyl (C=O) groups excluding carboxylic acids is 1. The van der Waals surface area contributed by atoms with Crippen LogP contribution in [0.25, 0.3) is 0 Å². The smallest absolute Gasteiger partial charge is 0.224 e. The van der Waals surface area contributed by atoms with Crippen molar-refractivity contribution in [1.82, 2.24) is 5.32 Å². The minimum Gasteiger partial charge on any atom is -0.486 e. The Morgan fingerprint density at radius 3 is 2.76 bits per heavy atom. The minimum absolute atomic E-state index is 0.0470. The monoisotopic (exact) mass is 360 g/mol. The van der Waals surface area contributed by atoms with E-state index in [2.05, 4.69) is 10.2 Å². The first-order valence-corrected chi connectivity index (χ1v) is 8.62. The van der Waals surface area contributed by atoms with Crippen LogP contribution in [0.15, 0.2) is 42.5 Å². The van der Waals surface area contributed by atoms with Crippen molar-refractivity contribution in [2.24, 2.45) is 0 Å². The van der Waals surface area contributed by atoms with Crippen molar-refractivity contribution >= 4 is 23.2 Å². The summed E-state index contributed by atoms with van der Waals surface area (Å²) in [4.78, 5) is 14.3. The molecule has 5 nitrogen and oxygen atoms in total. The van der Waals surface area contributed by atoms with Gasteiger partial charge in [-0.1, -0.05) is 29.8 Å². The van der Waals surface area contributed by atoms with Gasteiger partial charge in [0.2, 0.25) is 5.91 Å². The lowest BCUT2D eigenvalue weighted by Gasteiger charge is -2.20. The molecule has 0 aromatic heterocycles. The maximum absolute atomic E-state index is 12.2. The molecule has 0 unspecified atom stereocenters. The first kappa shape index (κ1) is 17.4. The minimum atomic E-state index is -0.0470. The van der Waals surface area contributed by atoms with Crippen LogP contribution in [0.4, 0.5) is 5.69 Å². The van der Waals surface area contributed by atoms with Gasteiger partial charge in [-0.25, -0.2) is 0 Å². The van der Waals surface area contributed by atoms with Gasteiger partial charge in [-0.05, 0) is 29.8 Å². The summed E-state index contributed by atoms with van der Waals surface area (Å²) < 4.78 is 11.0. The van der Waals surface area contributed by atoms with E-state index in [4.69, 9.17) is 21.1 Å². The van der Waals surface area contributed by atoms with Gasteiger partial charge in [-0.15, -0.1) is 0 Å². The van der Waals surface area contributed by atoms with Crippen molar-refractivity contribution < 1.29 is 14.3 Å². The molecule has 1 aliphatic heterocycles. The van der Waals surface area contributed by atoms with E-state index in [0.717, 1.165) is 17.8 Å². The van der Waals surface area contributed by atoms with Crippen LogP contribution in [-0.2, 0) is 11.2 Å². The number of nitrogens with one attached hydrogen (secondary N) is 1. The van der Waals surface area contributed by atoms with Gasteiger partial charge in [0.05, 0.1) is 11.4 Å². The highest BCUT2D eigenvalue weighted by Gasteiger charge is 2.17. The largest absolute Gasteiger partial charge is 0.486 e. The fourth-order valence-corrected chi connectivity index (χ4v) is 2.98. The van der Waals surface area contributed by atoms with E-state index >= 15 is 0 Å². The zero-order chi connectivity index (χ0) is 17.6. The number of hydrogen-bond donors (Lipinski definition) is 1. The van der Waals surface area contributed by atoms with Crippen LogP contribution in [0.5, 0.6) is 11.5 Å². The third kappa shape index (κ3) is 4.57. The number of fused-ring (bicyclic) bond motifs is 1. The van der Waals surface area contributed by atoms with Crippen molar-refractivity contribution in [2.45, 2.75) is 6.42 Å². The molecule has 0 radical (unpaired) electrons. The van der Waals surface area contributed by atoms with E-state index in [1.54, 1.807) is 6.07 Å². The molecular weight excluding hydrogens is 340 g/mol. The fraction of sp³-hybridized carbons (Fsp3) is 0.316. The third-order valence-electron chi connectivity index (χ3n) is 3.99. The van der Waals surface area contributed by atoms with Crippen LogP contribution in [-0.4, -0.2) is 39.3 Å². The summed E-state index contributed by atoms with van der Waals surface area (Å²) in [5.74, 6) is 1.11. The second-order valence-electron chi connectivity index (χ2n) is 5.89. The Bertz CT molecular complexity index is 737. The Kier molecular flexibility index (Phi) is 5.66. The molecule has 132 valence electrons. The summed E-state index contributed by atoms with van der Waals surface area (Å²) in [5, 5.41) is 3.41. The molecule has 25 heavy (non-hydrogen) atoms. The van der Waals surface area contributed by atoms with Crippen LogP contribution in [0.1, 0.15) is 5.56 Å². The lowest BCUT2D eigenvalue weighted by atomic mass is 10.1. The Morgan fingerprint density at radius 2 is 1.96 bits per heavy atom. The number of ether oxygens (including phenoxy) is 2. The van der Waals surface area contributed by atoms with Crippen molar-refractivity contribution in [3.8, 4) is 11.5 Å². The number of hydrogen-bond acceptors (Lipinski definition) is 4. The summed E-state index contributed by atoms with van der Waals surface area (Å²) >= 11 is 6.20. The van der Waals surface area contributed by atoms with Crippen molar-refractivity contribution in [1.29, 1.82) is 0 Å². The second kappa shape index (κ2) is 8.12. The van der Waals surface area contributed by atoms with E-state index in [1.807, 2.05) is 43.4 Å². The molecule has 2 aromatic rings. The second-order valence-corrected chi connectivity index (χ2v) is 6.29. The van der Waals surface area contributed by atoms with Crippen molar-refractivity contribution in [3.05, 3.63) is 53.1 Å². The maximum Gasteiger partial charge on any atom is 0.224 e. The highest BCUT2D eigenvalue weighted by atomic mass is 35.5. The highest BCUT2D eigenvalue weighted by Crippen LogP contribution is 2.38. The zero-order valence-electron chi connectivity index (χ0n) is 14.1. The summed E-state index contributed by atoms with van der Waals surface area (Å²) in [6.45, 7) is 2.28. The molecule has 1 N–H and O–H groups in total. The molecule has 6 heteroatoms. The van der Waals surface area contributed by atoms with Gasteiger partial charge in [-0.2, -0.15) is 0 Å². The first-order valence-electron chi connectivity index (χ1n) is 8.24. The number of amides is 1. The number of anilines is 1. The molecule has 0 saturated carbocycles. The van der Waals surface area contributed by atoms with Gasteiger partial charge < -0.3 is 19.7 Å². The van der Waals surface area contributed by atoms with Gasteiger partial charge in [0.25, 0.3) is 0 Å². The Labute approximate surface area is 152 Å². The molecule has 0 bridgehead atoms. The Morgan fingerprint density at radius 1 is 1.20 bits per heavy atom. The number of nitrogens with zero attached hydrogens (tertiary/aromatic N) is 1. The SMILES string of the molecule is CN(CCNC(=O)Cc1cc(Cl)c2c(c1)OCCO2)c1ccccc1. The van der Waals surface area contributed by atoms with Gasteiger partial charge in [0.1, 0.15) is 13.2 Å². The standard InChI is InChI=1S/C19H21ClN2O3/c1-22(15-5-3-2-4-6-15)8-7-21-18(23)13-14-11-16(20)19-17(12-14)24-9-10-25-19/h2-6,11-12H,7-10,13H2,1H3,(H,21,23). The number of carbonyl (C=O) groups is 1. The molecule has 0 aliphatic carbocycles. The molecule has 0 saturated heterocycles. The Balaban J connectivity index is 1.50. The number of halogens is 1. The normalized spacial score (nSPS) is 12.6. The lowest BCUT2D eigenvalue weighted by Crippen LogP contribution is -2.33. The summed E-state index contributed by atoms with van der Waals surface area (Å²) in [5.41, 5.74) is 1.93. The van der Waals surface area contributed by atoms with Gasteiger partial charge in [0, 0.05) is 25.8 Å². The highest BCUT2D eigenvalue weighted by molar-refractivity contribution is 6.32. The predicted octanol–water partition coefficient (Wildman–Crippen LogP) is 2.91. The maximum atomic E-state index is 12.2. The van der Waals surface area contributed by atoms with E-state index in [9.17, 15) is 4.79 Å². The number of likely N-dealkylation sites (N-methyl/N-ethyl adjacent to an activating group) is 1. The molecule has 2 aromatic carbocycles. The molecule has 0 atom stereocenters. The number of para-hydroxylation sites is 1. The fourth-order valence-electron chi connectivity index (χ4n) is 2.69. The van der Waals surface area contributed by atoms with E-state index in [-0.39, 0.29) is 12.3 Å². The van der Waals surface area contributed by atoms with Crippen LogP contribution in [0.3, 0.4) is 0 Å². The van der Waals surface area contributed by atoms with Crippen molar-refractivity contribution in [2.75, 3.05) is 38.3 Å². The summed E-state index contributed by atoms with van der Waals surface area (Å²) in [6.07, 6.45) is 0.255. The average Bonchev–Trinajstić information content (AvgIpc) is 2.62. The van der Waals surface area contributed by atoms with Gasteiger partial charge >= 0.3 is 0 Å². The first-order chi connectivity index (χ1) is 12.1. The number of rotatable bonds is 6. The molecule has 3 rings (SSSR count). The zero-order valence-corrected chi connectivity index (χ0v) is 14.9. The lowest BCUT2D eigenvalue weighted by molar-refractivity contribution is -0.120. The molecule has 0 spiro atoms. The average molecular weight is 361 g/mol. The molecular formula is C19H21ClN2O3. The van der Waals surface area contributed by atoms with E-state index in [1.165, 1.54) is 0 Å². The summed E-state index contributed by atoms with van der Waals surface area (Å²) in [7, 11) is 2.00. The molecule has 0 fully saturated rings. The van der Waals surface area contributed by atoms with E-state index < -0.39 is 0 Å². The molecule has 1 heterocycles. The van der Waals surface area contributed by atoms with Crippen LogP contribution < -0.4 is 19.7 Å². The third-order valence-corrected chi connectivity index (χ3v) is 4.27. The van der Waals surface area contributed by atoms with Gasteiger partial charge in [-0.3, -0.25) is 4.79 Å². The quantitative estimate of drug-likeness (QED) is 0.860. The topological polar surface area (TPSA) is 50.8 Å². The Hall–Kier alpha value is -2.40. The molecule has 1 amide bonds. The van der Waals surface area contributed by atoms with Gasteiger partial charge in [0.15, 0.2) is 11.5 Å². The van der Waals surface area contributed by atoms with Crippen LogP contribution >= 0.6 is 11.6 Å². The van der Waals surface area contributed by atoms with Crippen molar-refractivity contribution in [3.63, 3.8) is 0 Å². The van der Waals surface area contributed by atoms with Crippen LogP contribution in [0, 0.1) is 0 Å². The van der Waals surface area contributed by atoms with E-state index in [0.29, 0.717) is 36.3 Å². The number of benzene rings is 2. The summed E-state index contributed by atoms with van der Waals surface area (Å²) in [6, 6.07) is 13.6. The van der Waals surface area contributed by atoms with Crippen LogP contribution in [0.2, 0.25) is 5.02 Å². The molecule has 1 aliphatic rings. The predicted molar refractivity (Wildman–Crippen MR) is 98.9 cm³/mol.